The molecular weight excluding hydrogens is 258 g/mol. The van der Waals surface area contributed by atoms with E-state index in [-0.39, 0.29) is 0 Å². The molecule has 2 rings (SSSR count). The second-order valence-electron chi connectivity index (χ2n) is 6.71. The van der Waals surface area contributed by atoms with Gasteiger partial charge in [0.05, 0.1) is 39.2 Å². The van der Waals surface area contributed by atoms with Crippen molar-refractivity contribution in [2.45, 2.75) is 44.7 Å². The van der Waals surface area contributed by atoms with Gasteiger partial charge in [-0.05, 0) is 12.8 Å². The number of quaternary nitrogens is 1. The normalized spacial score (nSPS) is 16.3. The van der Waals surface area contributed by atoms with Gasteiger partial charge in [0, 0.05) is 5.56 Å². The Bertz CT molecular complexity index is 466. The Morgan fingerprint density at radius 3 is 2.52 bits per heavy atom. The van der Waals surface area contributed by atoms with Crippen LogP contribution in [-0.2, 0) is 6.54 Å². The van der Waals surface area contributed by atoms with Gasteiger partial charge in [0.2, 0.25) is 0 Å². The van der Waals surface area contributed by atoms with Gasteiger partial charge in [-0.15, -0.1) is 0 Å². The number of nitrogens with zero attached hydrogens (tertiary/aromatic N) is 3. The molecule has 0 spiro atoms. The second kappa shape index (κ2) is 8.11. The van der Waals surface area contributed by atoms with Crippen molar-refractivity contribution >= 4 is 6.01 Å². The van der Waals surface area contributed by atoms with Crippen LogP contribution in [-0.4, -0.2) is 43.7 Å². The standard InChI is InChI=1S/C18H28N3/c1-21(2,15-17-9-5-3-6-10-17)14-13-19-16-20-18-11-7-4-8-12-18/h3,5-6,9-10,18H,4,7-8,11-15H2,1-2H3/q+1. The summed E-state index contributed by atoms with van der Waals surface area (Å²) in [5.41, 5.74) is 1.38. The van der Waals surface area contributed by atoms with Crippen molar-refractivity contribution in [3.63, 3.8) is 0 Å². The predicted octanol–water partition coefficient (Wildman–Crippen LogP) is 3.77. The molecule has 0 heterocycles. The van der Waals surface area contributed by atoms with Crippen molar-refractivity contribution in [2.75, 3.05) is 27.2 Å². The van der Waals surface area contributed by atoms with Crippen molar-refractivity contribution in [2.24, 2.45) is 9.98 Å². The van der Waals surface area contributed by atoms with Crippen LogP contribution in [0.2, 0.25) is 0 Å². The van der Waals surface area contributed by atoms with E-state index in [9.17, 15) is 0 Å². The van der Waals surface area contributed by atoms with Gasteiger partial charge in [0.1, 0.15) is 6.54 Å². The van der Waals surface area contributed by atoms with Gasteiger partial charge in [0.15, 0.2) is 0 Å². The quantitative estimate of drug-likeness (QED) is 0.562. The lowest BCUT2D eigenvalue weighted by Gasteiger charge is -2.29. The Labute approximate surface area is 129 Å². The van der Waals surface area contributed by atoms with Crippen LogP contribution >= 0.6 is 0 Å². The molecule has 114 valence electrons. The Hall–Kier alpha value is -1.44. The lowest BCUT2D eigenvalue weighted by atomic mass is 9.96. The van der Waals surface area contributed by atoms with Crippen LogP contribution < -0.4 is 0 Å². The minimum atomic E-state index is 0.481. The zero-order chi connectivity index (χ0) is 15.0. The van der Waals surface area contributed by atoms with E-state index in [1.54, 1.807) is 0 Å². The van der Waals surface area contributed by atoms with Crippen molar-refractivity contribution in [1.29, 1.82) is 0 Å². The van der Waals surface area contributed by atoms with Gasteiger partial charge >= 0.3 is 0 Å². The van der Waals surface area contributed by atoms with Crippen LogP contribution in [0.25, 0.3) is 0 Å². The van der Waals surface area contributed by atoms with Crippen molar-refractivity contribution in [3.8, 4) is 0 Å². The third-order valence-electron chi connectivity index (χ3n) is 4.16. The highest BCUT2D eigenvalue weighted by Gasteiger charge is 2.15. The maximum absolute atomic E-state index is 4.46. The van der Waals surface area contributed by atoms with E-state index in [0.29, 0.717) is 6.04 Å². The van der Waals surface area contributed by atoms with Crippen LogP contribution in [0.15, 0.2) is 40.3 Å². The molecule has 0 aliphatic heterocycles. The first-order valence-electron chi connectivity index (χ1n) is 8.13. The van der Waals surface area contributed by atoms with E-state index in [1.165, 1.54) is 37.7 Å². The third-order valence-corrected chi connectivity index (χ3v) is 4.16. The fourth-order valence-corrected chi connectivity index (χ4v) is 2.86. The number of aliphatic imine (C=N–C) groups is 2. The zero-order valence-corrected chi connectivity index (χ0v) is 13.5. The molecule has 1 aromatic carbocycles. The zero-order valence-electron chi connectivity index (χ0n) is 13.5. The molecule has 0 bridgehead atoms. The monoisotopic (exact) mass is 286 g/mol. The van der Waals surface area contributed by atoms with Crippen LogP contribution in [0.5, 0.6) is 0 Å². The summed E-state index contributed by atoms with van der Waals surface area (Å²) in [5.74, 6) is 0. The van der Waals surface area contributed by atoms with Crippen LogP contribution in [0.1, 0.15) is 37.7 Å². The highest BCUT2D eigenvalue weighted by molar-refractivity contribution is 5.41. The number of likely N-dealkylation sites (N-methyl/N-ethyl adjacent to an activating group) is 1. The summed E-state index contributed by atoms with van der Waals surface area (Å²) in [4.78, 5) is 8.82. The summed E-state index contributed by atoms with van der Waals surface area (Å²) in [6.07, 6.45) is 6.44. The minimum Gasteiger partial charge on any atom is -0.323 e. The lowest BCUT2D eigenvalue weighted by molar-refractivity contribution is -0.902. The molecule has 0 radical (unpaired) electrons. The molecule has 0 amide bonds. The molecule has 3 heteroatoms. The average Bonchev–Trinajstić information content (AvgIpc) is 2.48. The lowest BCUT2D eigenvalue weighted by Crippen LogP contribution is -2.40. The van der Waals surface area contributed by atoms with E-state index in [4.69, 9.17) is 0 Å². The van der Waals surface area contributed by atoms with E-state index in [0.717, 1.165) is 24.1 Å². The largest absolute Gasteiger partial charge is 0.323 e. The van der Waals surface area contributed by atoms with Crippen molar-refractivity contribution < 1.29 is 4.48 Å². The van der Waals surface area contributed by atoms with E-state index < -0.39 is 0 Å². The molecule has 1 aliphatic carbocycles. The summed E-state index contributed by atoms with van der Waals surface area (Å²) < 4.78 is 0.943. The molecule has 0 N–H and O–H groups in total. The van der Waals surface area contributed by atoms with Gasteiger partial charge in [-0.3, -0.25) is 0 Å². The topological polar surface area (TPSA) is 24.7 Å². The molecule has 0 aromatic heterocycles. The maximum atomic E-state index is 4.46. The summed E-state index contributed by atoms with van der Waals surface area (Å²) >= 11 is 0. The molecule has 0 saturated heterocycles. The van der Waals surface area contributed by atoms with Crippen molar-refractivity contribution in [1.82, 2.24) is 0 Å². The fourth-order valence-electron chi connectivity index (χ4n) is 2.86. The molecule has 3 nitrogen and oxygen atoms in total. The first-order valence-corrected chi connectivity index (χ1v) is 8.13. The molecule has 1 fully saturated rings. The average molecular weight is 286 g/mol. The Morgan fingerprint density at radius 2 is 1.81 bits per heavy atom. The first kappa shape index (κ1) is 15.9. The van der Waals surface area contributed by atoms with Gasteiger partial charge < -0.3 is 4.48 Å². The molecular formula is C18H28N3+. The van der Waals surface area contributed by atoms with Gasteiger partial charge in [-0.25, -0.2) is 9.98 Å². The molecule has 21 heavy (non-hydrogen) atoms. The second-order valence-corrected chi connectivity index (χ2v) is 6.71. The number of hydrogen-bond acceptors (Lipinski definition) is 2. The molecule has 1 saturated carbocycles. The molecule has 1 aromatic rings. The first-order chi connectivity index (χ1) is 10.2. The smallest absolute Gasteiger partial charge is 0.104 e. The third kappa shape index (κ3) is 6.24. The Balaban J connectivity index is 1.74. The van der Waals surface area contributed by atoms with Crippen molar-refractivity contribution in [3.05, 3.63) is 35.9 Å². The molecule has 1 aliphatic rings. The van der Waals surface area contributed by atoms with E-state index in [2.05, 4.69) is 60.4 Å². The summed E-state index contributed by atoms with van der Waals surface area (Å²) in [6.45, 7) is 2.86. The van der Waals surface area contributed by atoms with Crippen LogP contribution in [0.3, 0.4) is 0 Å². The predicted molar refractivity (Wildman–Crippen MR) is 88.7 cm³/mol. The number of rotatable bonds is 6. The summed E-state index contributed by atoms with van der Waals surface area (Å²) in [6, 6.07) is 14.1. The highest BCUT2D eigenvalue weighted by Crippen LogP contribution is 2.19. The van der Waals surface area contributed by atoms with Gasteiger partial charge in [-0.2, -0.15) is 0 Å². The molecule has 0 unspecified atom stereocenters. The molecule has 0 atom stereocenters. The van der Waals surface area contributed by atoms with Crippen LogP contribution in [0.4, 0.5) is 0 Å². The highest BCUT2D eigenvalue weighted by atomic mass is 15.3. The number of benzene rings is 1. The maximum Gasteiger partial charge on any atom is 0.104 e. The van der Waals surface area contributed by atoms with Gasteiger partial charge in [-0.1, -0.05) is 49.6 Å². The van der Waals surface area contributed by atoms with Crippen LogP contribution in [0, 0.1) is 0 Å². The summed E-state index contributed by atoms with van der Waals surface area (Å²) in [7, 11) is 4.50. The Kier molecular flexibility index (Phi) is 6.16. The van der Waals surface area contributed by atoms with E-state index >= 15 is 0 Å². The minimum absolute atomic E-state index is 0.481. The SMILES string of the molecule is C[N+](C)(CCN=C=NC1CCCCC1)Cc1ccccc1. The Morgan fingerprint density at radius 1 is 1.10 bits per heavy atom. The van der Waals surface area contributed by atoms with Gasteiger partial charge in [0.25, 0.3) is 0 Å². The summed E-state index contributed by atoms with van der Waals surface area (Å²) in [5, 5.41) is 0. The number of hydrogen-bond donors (Lipinski definition) is 0. The van der Waals surface area contributed by atoms with E-state index in [1.807, 2.05) is 0 Å². The fraction of sp³-hybridized carbons (Fsp3) is 0.611.